The number of ether oxygens (including phenoxy) is 1. The third kappa shape index (κ3) is 4.15. The molecule has 1 radical (unpaired) electrons. The molecule has 5 heteroatoms. The molecule has 0 aromatic heterocycles. The Bertz CT molecular complexity index is 549. The van der Waals surface area contributed by atoms with Crippen molar-refractivity contribution in [2.45, 2.75) is 39.7 Å². The molecule has 23 heavy (non-hydrogen) atoms. The average molecular weight is 394 g/mol. The number of anilines is 1. The van der Waals surface area contributed by atoms with E-state index in [0.29, 0.717) is 0 Å². The number of rotatable bonds is 4. The van der Waals surface area contributed by atoms with Gasteiger partial charge >= 0.3 is 0 Å². The normalized spacial score (nSPS) is 18.6. The van der Waals surface area contributed by atoms with Crippen molar-refractivity contribution in [1.82, 2.24) is 0 Å². The number of methoxy groups -OCH3 is 1. The zero-order chi connectivity index (χ0) is 16.5. The number of piperidine rings is 1. The van der Waals surface area contributed by atoms with Crippen LogP contribution in [0.2, 0.25) is 0 Å². The van der Waals surface area contributed by atoms with Crippen molar-refractivity contribution < 1.29 is 46.7 Å². The van der Waals surface area contributed by atoms with Crippen molar-refractivity contribution in [3.63, 3.8) is 0 Å². The first-order valence-corrected chi connectivity index (χ1v) is 8.11. The fraction of sp³-hybridized carbons (Fsp3) is 0.611. The van der Waals surface area contributed by atoms with Gasteiger partial charge in [0, 0.05) is 51.4 Å². The second kappa shape index (κ2) is 8.09. The van der Waals surface area contributed by atoms with Crippen LogP contribution in [0.15, 0.2) is 12.1 Å². The first-order chi connectivity index (χ1) is 10.3. The van der Waals surface area contributed by atoms with Gasteiger partial charge in [0.15, 0.2) is 6.04 Å². The van der Waals surface area contributed by atoms with E-state index in [1.807, 2.05) is 17.0 Å². The first-order valence-electron chi connectivity index (χ1n) is 8.11. The number of hydrogen-bond donors (Lipinski definition) is 0. The summed E-state index contributed by atoms with van der Waals surface area (Å²) in [5.74, 6) is 1.11. The van der Waals surface area contributed by atoms with Gasteiger partial charge in [0.05, 0.1) is 27.7 Å². The number of aryl methyl sites for hydroxylation is 2. The van der Waals surface area contributed by atoms with E-state index in [4.69, 9.17) is 4.74 Å². The second-order valence-electron chi connectivity index (χ2n) is 6.85. The average Bonchev–Trinajstić information content (AvgIpc) is 2.47. The Morgan fingerprint density at radius 1 is 1.26 bits per heavy atom. The second-order valence-corrected chi connectivity index (χ2v) is 6.85. The van der Waals surface area contributed by atoms with Crippen LogP contribution in [-0.4, -0.2) is 50.7 Å². The molecular weight excluding hydrogens is 365 g/mol. The van der Waals surface area contributed by atoms with Crippen molar-refractivity contribution in [1.29, 1.82) is 0 Å². The van der Waals surface area contributed by atoms with Crippen molar-refractivity contribution >= 4 is 11.6 Å². The van der Waals surface area contributed by atoms with Gasteiger partial charge in [-0.15, -0.1) is 0 Å². The van der Waals surface area contributed by atoms with Crippen LogP contribution in [0.3, 0.4) is 0 Å². The third-order valence-electron chi connectivity index (χ3n) is 5.04. The molecule has 1 aromatic rings. The molecule has 1 aliphatic rings. The SMILES string of the molecule is CC[N+](C)(C)C1CCCN(c2c(C)cc(OC)cc2C)C1=O.[Y]. The summed E-state index contributed by atoms with van der Waals surface area (Å²) in [7, 11) is 5.98. The number of quaternary nitrogens is 1. The minimum absolute atomic E-state index is 0. The number of nitrogens with zero attached hydrogens (tertiary/aromatic N) is 2. The zero-order valence-corrected chi connectivity index (χ0v) is 18.2. The largest absolute Gasteiger partial charge is 0.497 e. The van der Waals surface area contributed by atoms with E-state index in [2.05, 4.69) is 34.9 Å². The van der Waals surface area contributed by atoms with Crippen LogP contribution >= 0.6 is 0 Å². The van der Waals surface area contributed by atoms with E-state index in [0.717, 1.165) is 53.0 Å². The molecule has 0 bridgehead atoms. The molecule has 0 saturated carbocycles. The number of likely N-dealkylation sites (N-methyl/N-ethyl adjacent to an activating group) is 1. The van der Waals surface area contributed by atoms with Crippen LogP contribution in [0.1, 0.15) is 30.9 Å². The Balaban J connectivity index is 0.00000264. The van der Waals surface area contributed by atoms with Crippen LogP contribution in [0.4, 0.5) is 5.69 Å². The van der Waals surface area contributed by atoms with Crippen molar-refractivity contribution in [3.8, 4) is 5.75 Å². The molecule has 1 unspecified atom stereocenters. The summed E-state index contributed by atoms with van der Waals surface area (Å²) >= 11 is 0. The first kappa shape index (κ1) is 20.6. The van der Waals surface area contributed by atoms with E-state index in [1.165, 1.54) is 0 Å². The van der Waals surface area contributed by atoms with Gasteiger partial charge < -0.3 is 14.1 Å². The maximum Gasteiger partial charge on any atom is 0.285 e. The van der Waals surface area contributed by atoms with E-state index in [-0.39, 0.29) is 44.7 Å². The Morgan fingerprint density at radius 2 is 1.83 bits per heavy atom. The maximum atomic E-state index is 13.1. The van der Waals surface area contributed by atoms with E-state index < -0.39 is 0 Å². The van der Waals surface area contributed by atoms with Gasteiger partial charge in [-0.25, -0.2) is 0 Å². The molecule has 1 aromatic carbocycles. The molecule has 0 aliphatic carbocycles. The van der Waals surface area contributed by atoms with Crippen LogP contribution in [0.5, 0.6) is 5.75 Å². The molecule has 1 aliphatic heterocycles. The Morgan fingerprint density at radius 3 is 2.30 bits per heavy atom. The minimum atomic E-state index is 0. The fourth-order valence-corrected chi connectivity index (χ4v) is 3.41. The van der Waals surface area contributed by atoms with Gasteiger partial charge in [0.1, 0.15) is 5.75 Å². The van der Waals surface area contributed by atoms with E-state index in [9.17, 15) is 4.79 Å². The zero-order valence-electron chi connectivity index (χ0n) is 15.3. The quantitative estimate of drug-likeness (QED) is 0.735. The summed E-state index contributed by atoms with van der Waals surface area (Å²) in [5, 5.41) is 0. The number of carbonyl (C=O) groups excluding carboxylic acids is 1. The third-order valence-corrected chi connectivity index (χ3v) is 5.04. The van der Waals surface area contributed by atoms with Crippen molar-refractivity contribution in [2.75, 3.05) is 39.2 Å². The van der Waals surface area contributed by atoms with Gasteiger partial charge in [-0.2, -0.15) is 0 Å². The van der Waals surface area contributed by atoms with Crippen LogP contribution in [0, 0.1) is 13.8 Å². The monoisotopic (exact) mass is 394 g/mol. The van der Waals surface area contributed by atoms with Crippen molar-refractivity contribution in [2.24, 2.45) is 0 Å². The maximum absolute atomic E-state index is 13.1. The number of benzene rings is 1. The number of hydrogen-bond acceptors (Lipinski definition) is 2. The molecule has 1 saturated heterocycles. The molecule has 1 fully saturated rings. The minimum Gasteiger partial charge on any atom is -0.497 e. The number of carbonyl (C=O) groups is 1. The smallest absolute Gasteiger partial charge is 0.285 e. The topological polar surface area (TPSA) is 29.5 Å². The van der Waals surface area contributed by atoms with Gasteiger partial charge in [-0.1, -0.05) is 0 Å². The summed E-state index contributed by atoms with van der Waals surface area (Å²) in [5.41, 5.74) is 3.27. The van der Waals surface area contributed by atoms with Crippen LogP contribution < -0.4 is 9.64 Å². The Labute approximate surface area is 165 Å². The summed E-state index contributed by atoms with van der Waals surface area (Å²) in [6.45, 7) is 8.04. The summed E-state index contributed by atoms with van der Waals surface area (Å²) in [6.07, 6.45) is 2.04. The molecule has 4 nitrogen and oxygen atoms in total. The predicted octanol–water partition coefficient (Wildman–Crippen LogP) is 2.90. The molecule has 1 heterocycles. The molecule has 125 valence electrons. The Kier molecular flexibility index (Phi) is 7.24. The standard InChI is InChI=1S/C18H29N2O2.Y/c1-7-20(4,5)16-9-8-10-19(18(16)21)17-13(2)11-15(22-6)12-14(17)3;/h11-12,16H,7-10H2,1-6H3;/q+1;. The molecule has 0 N–H and O–H groups in total. The van der Waals surface area contributed by atoms with Gasteiger partial charge in [0.25, 0.3) is 5.91 Å². The summed E-state index contributed by atoms with van der Waals surface area (Å²) < 4.78 is 6.08. The van der Waals surface area contributed by atoms with Crippen LogP contribution in [0.25, 0.3) is 0 Å². The molecular formula is C18H29N2O2Y+. The summed E-state index contributed by atoms with van der Waals surface area (Å²) in [4.78, 5) is 15.1. The van der Waals surface area contributed by atoms with E-state index in [1.54, 1.807) is 7.11 Å². The molecule has 0 spiro atoms. The molecule has 1 amide bonds. The van der Waals surface area contributed by atoms with Crippen molar-refractivity contribution in [3.05, 3.63) is 23.3 Å². The fourth-order valence-electron chi connectivity index (χ4n) is 3.41. The molecule has 2 rings (SSSR count). The van der Waals surface area contributed by atoms with Crippen LogP contribution in [-0.2, 0) is 37.5 Å². The van der Waals surface area contributed by atoms with Gasteiger partial charge in [-0.05, 0) is 50.5 Å². The Hall–Kier alpha value is -0.446. The predicted molar refractivity (Wildman–Crippen MR) is 90.5 cm³/mol. The number of amides is 1. The summed E-state index contributed by atoms with van der Waals surface area (Å²) in [6, 6.07) is 4.08. The van der Waals surface area contributed by atoms with Gasteiger partial charge in [-0.3, -0.25) is 4.79 Å². The van der Waals surface area contributed by atoms with Gasteiger partial charge in [0.2, 0.25) is 0 Å². The molecule has 1 atom stereocenters. The van der Waals surface area contributed by atoms with E-state index >= 15 is 0 Å².